The number of cyclic esters (lactones) is 1. The van der Waals surface area contributed by atoms with Gasteiger partial charge in [-0.1, -0.05) is 107 Å². The Hall–Kier alpha value is -3.10. The summed E-state index contributed by atoms with van der Waals surface area (Å²) in [5, 5.41) is 41.7. The molecule has 330 valence electrons. The molecular weight excluding hydrogens is 761 g/mol. The first-order chi connectivity index (χ1) is 29.3. The number of benzene rings is 1. The first-order valence-electron chi connectivity index (χ1n) is 24.5. The number of aliphatic hydroxyl groups excluding tert-OH is 2. The van der Waals surface area contributed by atoms with Crippen molar-refractivity contribution in [3.8, 4) is 23.7 Å². The lowest BCUT2D eigenvalue weighted by Gasteiger charge is -2.72. The third kappa shape index (κ3) is 6.97. The number of rotatable bonds is 10. The summed E-state index contributed by atoms with van der Waals surface area (Å²) >= 11 is 0. The van der Waals surface area contributed by atoms with Crippen molar-refractivity contribution in [1.29, 1.82) is 0 Å². The molecule has 0 unspecified atom stereocenters. The molecule has 0 radical (unpaired) electrons. The summed E-state index contributed by atoms with van der Waals surface area (Å²) in [5.41, 5.74) is -3.82. The minimum Gasteiger partial charge on any atom is -0.461 e. The molecule has 5 saturated carbocycles. The van der Waals surface area contributed by atoms with Gasteiger partial charge in [0.2, 0.25) is 0 Å². The lowest BCUT2D eigenvalue weighted by Crippen LogP contribution is -2.80. The Kier molecular flexibility index (Phi) is 11.7. The van der Waals surface area contributed by atoms with Crippen LogP contribution in [0.15, 0.2) is 42.0 Å². The van der Waals surface area contributed by atoms with Gasteiger partial charge < -0.3 is 24.8 Å². The van der Waals surface area contributed by atoms with Crippen LogP contribution in [0.3, 0.4) is 0 Å². The predicted octanol–water partition coefficient (Wildman–Crippen LogP) is 9.44. The van der Waals surface area contributed by atoms with Gasteiger partial charge in [0.1, 0.15) is 12.7 Å². The SMILES string of the molecule is C[C@H](CCCc1ccccc1)C[C@@H]1C#C[C@H]2C3(CCCC3)CCC[C@]23CC#C[C@@]2(C)C[C@@H](OC3=O)[C@@H]3[C@]([C@@H]1O)([C@@H](O)CC[C@@]3(C)C1CCCCC1)[C@@]2(O)CCC1=CC(=O)OC1. The zero-order chi connectivity index (χ0) is 42.7. The highest BCUT2D eigenvalue weighted by Crippen LogP contribution is 2.73. The maximum Gasteiger partial charge on any atom is 0.331 e. The molecule has 0 saturated heterocycles. The number of fused-ring (bicyclic) bond motifs is 3. The van der Waals surface area contributed by atoms with Crippen LogP contribution in [0.4, 0.5) is 0 Å². The topological polar surface area (TPSA) is 113 Å². The van der Waals surface area contributed by atoms with Gasteiger partial charge in [0.25, 0.3) is 0 Å². The van der Waals surface area contributed by atoms with Gasteiger partial charge in [0, 0.05) is 36.7 Å². The fourth-order valence-corrected chi connectivity index (χ4v) is 15.8. The van der Waals surface area contributed by atoms with Crippen molar-refractivity contribution < 1.29 is 34.4 Å². The van der Waals surface area contributed by atoms with Crippen LogP contribution in [0, 0.1) is 80.3 Å². The zero-order valence-corrected chi connectivity index (χ0v) is 37.3. The summed E-state index contributed by atoms with van der Waals surface area (Å²) in [7, 11) is 0. The van der Waals surface area contributed by atoms with Crippen LogP contribution in [-0.2, 0) is 25.5 Å². The van der Waals surface area contributed by atoms with E-state index in [1.807, 2.05) is 6.92 Å². The van der Waals surface area contributed by atoms with Crippen molar-refractivity contribution in [3.05, 3.63) is 47.5 Å². The van der Waals surface area contributed by atoms with Gasteiger partial charge in [0.15, 0.2) is 0 Å². The molecule has 7 heteroatoms. The summed E-state index contributed by atoms with van der Waals surface area (Å²) in [4.78, 5) is 28.1. The molecule has 5 fully saturated rings. The number of ether oxygens (including phenoxy) is 2. The van der Waals surface area contributed by atoms with Crippen LogP contribution in [-0.4, -0.2) is 57.8 Å². The Bertz CT molecular complexity index is 1970. The standard InChI is InChI=1S/C54H72O7/c1-37(15-12-18-38-16-6-4-7-17-38)33-40-21-22-43-51(26-10-11-27-51)28-14-30-52(43)29-13-25-49(2)35-42(61-48(52)58)46-50(3,41-19-8-5-9-20-41)31-24-44(55)54(46,47(40)57)53(49,59)32-23-39-34-45(56)60-36-39/h4,6-7,16-17,34,37,40-44,46-47,55,57,59H,5,8-12,14-15,18-20,23-24,26-33,35-36H2,1-3H3/t37-,40+,42-,43+,44+,46+,47-,49+,50+,52-,53-,54+/m1/s1. The molecule has 5 aliphatic carbocycles. The molecule has 61 heavy (non-hydrogen) atoms. The van der Waals surface area contributed by atoms with E-state index in [-0.39, 0.29) is 48.1 Å². The molecule has 12 atom stereocenters. The number of carbonyl (C=O) groups excluding carboxylic acids is 2. The average Bonchev–Trinajstić information content (AvgIpc) is 3.91. The van der Waals surface area contributed by atoms with Gasteiger partial charge in [-0.15, -0.1) is 5.92 Å². The minimum absolute atomic E-state index is 0.108. The average molecular weight is 833 g/mol. The Labute approximate surface area is 365 Å². The van der Waals surface area contributed by atoms with Gasteiger partial charge in [-0.25, -0.2) is 4.79 Å². The second-order valence-electron chi connectivity index (χ2n) is 22.1. The largest absolute Gasteiger partial charge is 0.461 e. The van der Waals surface area contributed by atoms with Crippen LogP contribution < -0.4 is 0 Å². The van der Waals surface area contributed by atoms with E-state index in [0.29, 0.717) is 38.5 Å². The zero-order valence-electron chi connectivity index (χ0n) is 37.3. The molecule has 3 aliphatic heterocycles. The quantitative estimate of drug-likeness (QED) is 0.159. The predicted molar refractivity (Wildman–Crippen MR) is 235 cm³/mol. The lowest BCUT2D eigenvalue weighted by atomic mass is 9.34. The second-order valence-corrected chi connectivity index (χ2v) is 22.1. The fourth-order valence-electron chi connectivity index (χ4n) is 15.8. The normalized spacial score (nSPS) is 42.0. The summed E-state index contributed by atoms with van der Waals surface area (Å²) in [6.45, 7) is 6.81. The maximum absolute atomic E-state index is 15.7. The number of esters is 2. The molecule has 3 heterocycles. The van der Waals surface area contributed by atoms with Gasteiger partial charge in [-0.2, -0.15) is 0 Å². The Balaban J connectivity index is 1.25. The number of aliphatic hydroxyl groups is 3. The monoisotopic (exact) mass is 833 g/mol. The summed E-state index contributed by atoms with van der Waals surface area (Å²) < 4.78 is 12.6. The molecule has 7 nitrogen and oxygen atoms in total. The summed E-state index contributed by atoms with van der Waals surface area (Å²) in [5.74, 6) is 13.6. The highest BCUT2D eigenvalue weighted by molar-refractivity contribution is 5.85. The molecule has 2 spiro atoms. The van der Waals surface area contributed by atoms with E-state index in [1.54, 1.807) is 0 Å². The van der Waals surface area contributed by atoms with Gasteiger partial charge in [0.05, 0.1) is 34.1 Å². The third-order valence-electron chi connectivity index (χ3n) is 18.9. The molecule has 0 amide bonds. The van der Waals surface area contributed by atoms with Gasteiger partial charge >= 0.3 is 11.9 Å². The number of aryl methyl sites for hydroxylation is 1. The first-order valence-corrected chi connectivity index (χ1v) is 24.5. The van der Waals surface area contributed by atoms with Crippen molar-refractivity contribution in [1.82, 2.24) is 0 Å². The number of hydrogen-bond acceptors (Lipinski definition) is 7. The molecule has 1 aromatic rings. The van der Waals surface area contributed by atoms with E-state index in [9.17, 15) is 20.1 Å². The maximum atomic E-state index is 15.7. The second kappa shape index (κ2) is 16.5. The molecule has 4 bridgehead atoms. The van der Waals surface area contributed by atoms with Crippen LogP contribution in [0.1, 0.15) is 161 Å². The van der Waals surface area contributed by atoms with E-state index in [4.69, 9.17) is 9.47 Å². The number of carbonyl (C=O) groups is 2. The van der Waals surface area contributed by atoms with E-state index in [2.05, 4.69) is 67.9 Å². The molecular formula is C54H72O7. The highest BCUT2D eigenvalue weighted by Gasteiger charge is 2.79. The van der Waals surface area contributed by atoms with Crippen molar-refractivity contribution in [2.45, 2.75) is 186 Å². The first kappa shape index (κ1) is 43.2. The smallest absolute Gasteiger partial charge is 0.331 e. The molecule has 8 aliphatic rings. The lowest BCUT2D eigenvalue weighted by molar-refractivity contribution is -0.342. The van der Waals surface area contributed by atoms with Crippen LogP contribution in [0.2, 0.25) is 0 Å². The summed E-state index contributed by atoms with van der Waals surface area (Å²) in [6.07, 6.45) is 16.8. The Morgan fingerprint density at radius 1 is 0.885 bits per heavy atom. The van der Waals surface area contributed by atoms with E-state index in [1.165, 1.54) is 18.1 Å². The van der Waals surface area contributed by atoms with Gasteiger partial charge in [-0.05, 0) is 124 Å². The van der Waals surface area contributed by atoms with Crippen LogP contribution >= 0.6 is 0 Å². The molecule has 1 aromatic carbocycles. The Morgan fingerprint density at radius 2 is 1.64 bits per heavy atom. The number of hydrogen-bond donors (Lipinski definition) is 3. The van der Waals surface area contributed by atoms with Crippen LogP contribution in [0.25, 0.3) is 0 Å². The highest BCUT2D eigenvalue weighted by atomic mass is 16.5. The van der Waals surface area contributed by atoms with Crippen molar-refractivity contribution in [2.75, 3.05) is 6.61 Å². The summed E-state index contributed by atoms with van der Waals surface area (Å²) in [6, 6.07) is 10.6. The van der Waals surface area contributed by atoms with Gasteiger partial charge in [-0.3, -0.25) is 4.79 Å². The van der Waals surface area contributed by atoms with E-state index in [0.717, 1.165) is 95.5 Å². The minimum atomic E-state index is -1.74. The van der Waals surface area contributed by atoms with E-state index >= 15 is 4.79 Å². The molecule has 9 rings (SSSR count). The molecule has 0 aromatic heterocycles. The van der Waals surface area contributed by atoms with E-state index < -0.39 is 57.4 Å². The fraction of sp³-hybridized carbons (Fsp3) is 0.741. The molecule has 3 N–H and O–H groups in total. The van der Waals surface area contributed by atoms with Crippen molar-refractivity contribution in [3.63, 3.8) is 0 Å². The van der Waals surface area contributed by atoms with Crippen molar-refractivity contribution >= 4 is 11.9 Å². The third-order valence-corrected chi connectivity index (χ3v) is 18.9. The Morgan fingerprint density at radius 3 is 2.38 bits per heavy atom. The van der Waals surface area contributed by atoms with Crippen LogP contribution in [0.5, 0.6) is 0 Å². The van der Waals surface area contributed by atoms with Crippen molar-refractivity contribution in [2.24, 2.45) is 56.7 Å².